The molecule has 2 heterocycles. The van der Waals surface area contributed by atoms with Gasteiger partial charge in [-0.25, -0.2) is 0 Å². The Hall–Kier alpha value is -1.50. The van der Waals surface area contributed by atoms with Crippen LogP contribution >= 0.6 is 11.3 Å². The van der Waals surface area contributed by atoms with Gasteiger partial charge < -0.3 is 4.90 Å². The highest BCUT2D eigenvalue weighted by atomic mass is 32.1. The Morgan fingerprint density at radius 2 is 1.80 bits per heavy atom. The van der Waals surface area contributed by atoms with Gasteiger partial charge in [-0.05, 0) is 75.5 Å². The lowest BCUT2D eigenvalue weighted by molar-refractivity contribution is -0.160. The predicted molar refractivity (Wildman–Crippen MR) is 117 cm³/mol. The molecule has 30 heavy (non-hydrogen) atoms. The summed E-state index contributed by atoms with van der Waals surface area (Å²) in [6.07, 6.45) is 13.2. The summed E-state index contributed by atoms with van der Waals surface area (Å²) < 4.78 is 0. The van der Waals surface area contributed by atoms with Crippen molar-refractivity contribution in [3.8, 4) is 0 Å². The van der Waals surface area contributed by atoms with Crippen molar-refractivity contribution >= 4 is 28.3 Å². The second kappa shape index (κ2) is 8.21. The standard InChI is InChI=1S/C23H34N4O2S/c1-2-3-4-7-19-25-26-22(30-19)24-20(28)18-6-5-8-27(18)21(29)23-12-15-9-16(13-23)11-17(10-15)14-23/h15-18H,2-14H2,1H3,(H,24,26,28). The van der Waals surface area contributed by atoms with Gasteiger partial charge in [-0.2, -0.15) is 0 Å². The van der Waals surface area contributed by atoms with Crippen LogP contribution in [-0.2, 0) is 16.0 Å². The van der Waals surface area contributed by atoms with E-state index in [4.69, 9.17) is 0 Å². The van der Waals surface area contributed by atoms with E-state index in [1.165, 1.54) is 43.4 Å². The van der Waals surface area contributed by atoms with Crippen molar-refractivity contribution < 1.29 is 9.59 Å². The zero-order valence-electron chi connectivity index (χ0n) is 18.1. The first-order valence-corrected chi connectivity index (χ1v) is 12.8. The van der Waals surface area contributed by atoms with Gasteiger partial charge >= 0.3 is 0 Å². The monoisotopic (exact) mass is 430 g/mol. The van der Waals surface area contributed by atoms with Crippen molar-refractivity contribution in [2.45, 2.75) is 90.0 Å². The molecular formula is C23H34N4O2S. The summed E-state index contributed by atoms with van der Waals surface area (Å²) in [6.45, 7) is 2.90. The van der Waals surface area contributed by atoms with Crippen molar-refractivity contribution in [1.82, 2.24) is 15.1 Å². The van der Waals surface area contributed by atoms with Crippen LogP contribution in [0.5, 0.6) is 0 Å². The number of likely N-dealkylation sites (tertiary alicyclic amines) is 1. The van der Waals surface area contributed by atoms with Gasteiger partial charge in [0.15, 0.2) is 0 Å². The Morgan fingerprint density at radius 1 is 1.10 bits per heavy atom. The maximum atomic E-state index is 13.7. The molecule has 1 N–H and O–H groups in total. The minimum absolute atomic E-state index is 0.0816. The first kappa shape index (κ1) is 20.4. The predicted octanol–water partition coefficient (Wildman–Crippen LogP) is 4.42. The topological polar surface area (TPSA) is 75.2 Å². The van der Waals surface area contributed by atoms with E-state index < -0.39 is 0 Å². The molecule has 0 radical (unpaired) electrons. The van der Waals surface area contributed by atoms with Crippen molar-refractivity contribution in [1.29, 1.82) is 0 Å². The van der Waals surface area contributed by atoms with E-state index in [-0.39, 0.29) is 23.3 Å². The first-order valence-electron chi connectivity index (χ1n) is 12.0. The molecule has 2 amide bonds. The molecule has 1 saturated heterocycles. The third-order valence-electron chi connectivity index (χ3n) is 8.00. The van der Waals surface area contributed by atoms with E-state index in [2.05, 4.69) is 22.4 Å². The van der Waals surface area contributed by atoms with Gasteiger partial charge in [-0.3, -0.25) is 14.9 Å². The van der Waals surface area contributed by atoms with Gasteiger partial charge in [0.2, 0.25) is 16.9 Å². The molecule has 1 aromatic rings. The molecule has 1 atom stereocenters. The number of carbonyl (C=O) groups excluding carboxylic acids is 2. The van der Waals surface area contributed by atoms with Gasteiger partial charge in [-0.1, -0.05) is 31.1 Å². The molecule has 6 rings (SSSR count). The van der Waals surface area contributed by atoms with Crippen LogP contribution in [0.4, 0.5) is 5.13 Å². The SMILES string of the molecule is CCCCCc1nnc(NC(=O)C2CCCN2C(=O)C23CC4CC(CC(C4)C2)C3)s1. The van der Waals surface area contributed by atoms with Crippen molar-refractivity contribution in [3.63, 3.8) is 0 Å². The highest BCUT2D eigenvalue weighted by molar-refractivity contribution is 7.15. The smallest absolute Gasteiger partial charge is 0.249 e. The number of anilines is 1. The van der Waals surface area contributed by atoms with Crippen molar-refractivity contribution in [2.75, 3.05) is 11.9 Å². The van der Waals surface area contributed by atoms with Gasteiger partial charge in [0.25, 0.3) is 0 Å². The zero-order chi connectivity index (χ0) is 20.7. The van der Waals surface area contributed by atoms with Crippen LogP contribution in [0.1, 0.15) is 82.6 Å². The Labute approximate surface area is 183 Å². The van der Waals surface area contributed by atoms with Crippen LogP contribution in [-0.4, -0.2) is 39.5 Å². The van der Waals surface area contributed by atoms with Crippen molar-refractivity contribution in [2.24, 2.45) is 23.2 Å². The normalized spacial score (nSPS) is 34.5. The molecule has 7 heteroatoms. The van der Waals surface area contributed by atoms with Crippen LogP contribution in [0.15, 0.2) is 0 Å². The summed E-state index contributed by atoms with van der Waals surface area (Å²) in [5, 5.41) is 12.9. The Balaban J connectivity index is 1.24. The largest absolute Gasteiger partial charge is 0.330 e. The number of rotatable bonds is 7. The maximum absolute atomic E-state index is 13.7. The summed E-state index contributed by atoms with van der Waals surface area (Å²) in [5.41, 5.74) is -0.174. The minimum atomic E-state index is -0.349. The van der Waals surface area contributed by atoms with Gasteiger partial charge in [0.05, 0.1) is 5.41 Å². The zero-order valence-corrected chi connectivity index (χ0v) is 18.9. The van der Waals surface area contributed by atoms with Crippen LogP contribution in [0.3, 0.4) is 0 Å². The highest BCUT2D eigenvalue weighted by Crippen LogP contribution is 2.60. The average Bonchev–Trinajstić information content (AvgIpc) is 3.36. The second-order valence-electron chi connectivity index (χ2n) is 10.3. The number of hydrogen-bond acceptors (Lipinski definition) is 5. The molecule has 6 nitrogen and oxygen atoms in total. The second-order valence-corrected chi connectivity index (χ2v) is 11.4. The molecule has 4 aliphatic carbocycles. The lowest BCUT2D eigenvalue weighted by Crippen LogP contribution is -2.56. The van der Waals surface area contributed by atoms with E-state index >= 15 is 0 Å². The summed E-state index contributed by atoms with van der Waals surface area (Å²) in [7, 11) is 0. The molecule has 164 valence electrons. The fourth-order valence-electron chi connectivity index (χ4n) is 7.08. The quantitative estimate of drug-likeness (QED) is 0.650. The lowest BCUT2D eigenvalue weighted by Gasteiger charge is -2.56. The number of unbranched alkanes of at least 4 members (excludes halogenated alkanes) is 2. The Kier molecular flexibility index (Phi) is 5.58. The molecule has 1 unspecified atom stereocenters. The molecule has 0 spiro atoms. The van der Waals surface area contributed by atoms with E-state index in [1.807, 2.05) is 4.90 Å². The molecule has 1 aromatic heterocycles. The number of hydrogen-bond donors (Lipinski definition) is 1. The van der Waals surface area contributed by atoms with Crippen LogP contribution in [0, 0.1) is 23.2 Å². The van der Waals surface area contributed by atoms with E-state index in [0.29, 0.717) is 5.13 Å². The Bertz CT molecular complexity index is 772. The molecule has 4 saturated carbocycles. The number of nitrogens with zero attached hydrogens (tertiary/aromatic N) is 3. The third kappa shape index (κ3) is 3.78. The van der Waals surface area contributed by atoms with Gasteiger partial charge in [0, 0.05) is 13.0 Å². The molecule has 4 bridgehead atoms. The number of aryl methyl sites for hydroxylation is 1. The number of aromatic nitrogens is 2. The lowest BCUT2D eigenvalue weighted by atomic mass is 9.49. The van der Waals surface area contributed by atoms with Gasteiger partial charge in [-0.15, -0.1) is 10.2 Å². The summed E-state index contributed by atoms with van der Waals surface area (Å²) in [6, 6.07) is -0.349. The third-order valence-corrected chi connectivity index (χ3v) is 8.90. The van der Waals surface area contributed by atoms with Crippen LogP contribution in [0.25, 0.3) is 0 Å². The number of nitrogens with one attached hydrogen (secondary N) is 1. The number of amides is 2. The molecular weight excluding hydrogens is 396 g/mol. The summed E-state index contributed by atoms with van der Waals surface area (Å²) >= 11 is 1.47. The highest BCUT2D eigenvalue weighted by Gasteiger charge is 2.56. The fraction of sp³-hybridized carbons (Fsp3) is 0.826. The van der Waals surface area contributed by atoms with E-state index in [9.17, 15) is 9.59 Å². The van der Waals surface area contributed by atoms with E-state index in [1.54, 1.807) is 0 Å². The van der Waals surface area contributed by atoms with Crippen molar-refractivity contribution in [3.05, 3.63) is 5.01 Å². The number of carbonyl (C=O) groups is 2. The average molecular weight is 431 g/mol. The summed E-state index contributed by atoms with van der Waals surface area (Å²) in [5.74, 6) is 2.41. The molecule has 0 aromatic carbocycles. The maximum Gasteiger partial charge on any atom is 0.249 e. The first-order chi connectivity index (χ1) is 14.6. The van der Waals surface area contributed by atoms with Crippen LogP contribution in [0.2, 0.25) is 0 Å². The molecule has 1 aliphatic heterocycles. The molecule has 5 fully saturated rings. The Morgan fingerprint density at radius 3 is 2.47 bits per heavy atom. The summed E-state index contributed by atoms with van der Waals surface area (Å²) in [4.78, 5) is 28.7. The fourth-order valence-corrected chi connectivity index (χ4v) is 7.86. The molecule has 5 aliphatic rings. The minimum Gasteiger partial charge on any atom is -0.330 e. The van der Waals surface area contributed by atoms with Gasteiger partial charge in [0.1, 0.15) is 11.0 Å². The van der Waals surface area contributed by atoms with Crippen LogP contribution < -0.4 is 5.32 Å². The van der Waals surface area contributed by atoms with E-state index in [0.717, 1.165) is 74.3 Å².